The zero-order chi connectivity index (χ0) is 13.2. The number of Topliss-reactive ketones (excluding diaryl/α,β-unsaturated/α-hetero) is 1. The highest BCUT2D eigenvalue weighted by Gasteiger charge is 2.20. The Morgan fingerprint density at radius 2 is 2.21 bits per heavy atom. The third kappa shape index (κ3) is 2.68. The van der Waals surface area contributed by atoms with Gasteiger partial charge in [0.1, 0.15) is 0 Å². The summed E-state index contributed by atoms with van der Waals surface area (Å²) in [5.41, 5.74) is 2.69. The van der Waals surface area contributed by atoms with Crippen LogP contribution in [0.25, 0.3) is 0 Å². The van der Waals surface area contributed by atoms with Crippen molar-refractivity contribution < 1.29 is 9.59 Å². The second kappa shape index (κ2) is 5.13. The van der Waals surface area contributed by atoms with E-state index in [-0.39, 0.29) is 11.7 Å². The second-order valence-corrected chi connectivity index (χ2v) is 5.34. The first-order valence-electron chi connectivity index (χ1n) is 6.92. The minimum atomic E-state index is 0.0572. The summed E-state index contributed by atoms with van der Waals surface area (Å²) in [6.07, 6.45) is 4.06. The minimum absolute atomic E-state index is 0.0572. The lowest BCUT2D eigenvalue weighted by Gasteiger charge is -2.17. The monoisotopic (exact) mass is 258 g/mol. The molecule has 3 rings (SSSR count). The molecule has 2 aliphatic rings. The maximum atomic E-state index is 12.2. The van der Waals surface area contributed by atoms with Crippen LogP contribution in [0.5, 0.6) is 0 Å². The average molecular weight is 258 g/mol. The van der Waals surface area contributed by atoms with Crippen LogP contribution in [0.2, 0.25) is 0 Å². The van der Waals surface area contributed by atoms with Crippen molar-refractivity contribution in [2.45, 2.75) is 38.1 Å². The SMILES string of the molecule is O=C1CCc2cc(C(=O)CC3CCCN3)ccc2N1. The third-order valence-electron chi connectivity index (χ3n) is 3.92. The Morgan fingerprint density at radius 3 is 3.00 bits per heavy atom. The van der Waals surface area contributed by atoms with E-state index in [4.69, 9.17) is 0 Å². The number of nitrogens with one attached hydrogen (secondary N) is 2. The fraction of sp³-hybridized carbons (Fsp3) is 0.467. The number of carbonyl (C=O) groups excluding carboxylic acids is 2. The lowest BCUT2D eigenvalue weighted by atomic mass is 9.96. The lowest BCUT2D eigenvalue weighted by molar-refractivity contribution is -0.116. The first-order valence-corrected chi connectivity index (χ1v) is 6.92. The molecule has 4 nitrogen and oxygen atoms in total. The highest BCUT2D eigenvalue weighted by molar-refractivity contribution is 5.99. The summed E-state index contributed by atoms with van der Waals surface area (Å²) in [5, 5.41) is 6.18. The van der Waals surface area contributed by atoms with Crippen molar-refractivity contribution >= 4 is 17.4 Å². The molecule has 0 spiro atoms. The fourth-order valence-corrected chi connectivity index (χ4v) is 2.83. The average Bonchev–Trinajstić information content (AvgIpc) is 2.91. The van der Waals surface area contributed by atoms with E-state index in [2.05, 4.69) is 10.6 Å². The molecule has 0 bridgehead atoms. The van der Waals surface area contributed by atoms with Crippen molar-refractivity contribution in [2.75, 3.05) is 11.9 Å². The molecule has 0 aliphatic carbocycles. The Labute approximate surface area is 112 Å². The second-order valence-electron chi connectivity index (χ2n) is 5.34. The number of amides is 1. The van der Waals surface area contributed by atoms with E-state index in [1.807, 2.05) is 18.2 Å². The van der Waals surface area contributed by atoms with Gasteiger partial charge in [-0.25, -0.2) is 0 Å². The maximum absolute atomic E-state index is 12.2. The summed E-state index contributed by atoms with van der Waals surface area (Å²) in [7, 11) is 0. The van der Waals surface area contributed by atoms with E-state index in [1.54, 1.807) is 0 Å². The lowest BCUT2D eigenvalue weighted by Crippen LogP contribution is -2.25. The molecule has 0 radical (unpaired) electrons. The first kappa shape index (κ1) is 12.4. The summed E-state index contributed by atoms with van der Waals surface area (Å²) in [6, 6.07) is 5.94. The van der Waals surface area contributed by atoms with E-state index in [9.17, 15) is 9.59 Å². The Hall–Kier alpha value is -1.68. The van der Waals surface area contributed by atoms with Gasteiger partial charge in [-0.05, 0) is 49.6 Å². The molecule has 2 aliphatic heterocycles. The van der Waals surface area contributed by atoms with Gasteiger partial charge >= 0.3 is 0 Å². The van der Waals surface area contributed by atoms with Gasteiger partial charge in [-0.2, -0.15) is 0 Å². The Bertz CT molecular complexity index is 519. The number of anilines is 1. The third-order valence-corrected chi connectivity index (χ3v) is 3.92. The predicted molar refractivity (Wildman–Crippen MR) is 73.4 cm³/mol. The summed E-state index contributed by atoms with van der Waals surface area (Å²) in [6.45, 7) is 1.02. The molecule has 1 unspecified atom stereocenters. The first-order chi connectivity index (χ1) is 9.22. The van der Waals surface area contributed by atoms with Gasteiger partial charge in [-0.1, -0.05) is 0 Å². The molecule has 1 aromatic rings. The summed E-state index contributed by atoms with van der Waals surface area (Å²) in [5.74, 6) is 0.251. The predicted octanol–water partition coefficient (Wildman–Crippen LogP) is 1.90. The Kier molecular flexibility index (Phi) is 3.34. The Morgan fingerprint density at radius 1 is 1.32 bits per heavy atom. The van der Waals surface area contributed by atoms with Gasteiger partial charge in [0.15, 0.2) is 5.78 Å². The molecule has 2 heterocycles. The molecule has 1 saturated heterocycles. The quantitative estimate of drug-likeness (QED) is 0.814. The number of aryl methyl sites for hydroxylation is 1. The highest BCUT2D eigenvalue weighted by Crippen LogP contribution is 2.24. The molecule has 1 atom stereocenters. The van der Waals surface area contributed by atoms with Crippen LogP contribution in [0.3, 0.4) is 0 Å². The number of rotatable bonds is 3. The van der Waals surface area contributed by atoms with E-state index < -0.39 is 0 Å². The fourth-order valence-electron chi connectivity index (χ4n) is 2.83. The van der Waals surface area contributed by atoms with E-state index in [0.29, 0.717) is 18.9 Å². The van der Waals surface area contributed by atoms with Crippen LogP contribution in [0.1, 0.15) is 41.6 Å². The zero-order valence-corrected chi connectivity index (χ0v) is 10.9. The Balaban J connectivity index is 1.74. The number of ketones is 1. The smallest absolute Gasteiger partial charge is 0.224 e. The van der Waals surface area contributed by atoms with Gasteiger partial charge in [-0.15, -0.1) is 0 Å². The van der Waals surface area contributed by atoms with Crippen molar-refractivity contribution in [1.82, 2.24) is 5.32 Å². The van der Waals surface area contributed by atoms with E-state index in [1.165, 1.54) is 0 Å². The van der Waals surface area contributed by atoms with Crippen molar-refractivity contribution in [3.8, 4) is 0 Å². The van der Waals surface area contributed by atoms with Crippen LogP contribution in [0.4, 0.5) is 5.69 Å². The normalized spacial score (nSPS) is 21.9. The number of hydrogen-bond donors (Lipinski definition) is 2. The number of carbonyl (C=O) groups is 2. The van der Waals surface area contributed by atoms with Gasteiger partial charge in [0, 0.05) is 30.1 Å². The van der Waals surface area contributed by atoms with Gasteiger partial charge < -0.3 is 10.6 Å². The number of benzene rings is 1. The molecule has 1 aromatic carbocycles. The van der Waals surface area contributed by atoms with Crippen LogP contribution >= 0.6 is 0 Å². The van der Waals surface area contributed by atoms with Crippen molar-refractivity contribution in [3.63, 3.8) is 0 Å². The van der Waals surface area contributed by atoms with Gasteiger partial charge in [0.2, 0.25) is 5.91 Å². The molecule has 2 N–H and O–H groups in total. The zero-order valence-electron chi connectivity index (χ0n) is 10.9. The largest absolute Gasteiger partial charge is 0.326 e. The summed E-state index contributed by atoms with van der Waals surface area (Å²) >= 11 is 0. The molecule has 4 heteroatoms. The number of hydrogen-bond acceptors (Lipinski definition) is 3. The molecule has 100 valence electrons. The van der Waals surface area contributed by atoms with E-state index >= 15 is 0 Å². The van der Waals surface area contributed by atoms with Crippen molar-refractivity contribution in [2.24, 2.45) is 0 Å². The van der Waals surface area contributed by atoms with Crippen LogP contribution < -0.4 is 10.6 Å². The molecular weight excluding hydrogens is 240 g/mol. The van der Waals surface area contributed by atoms with Crippen molar-refractivity contribution in [3.05, 3.63) is 29.3 Å². The molecule has 0 aromatic heterocycles. The van der Waals surface area contributed by atoms with Crippen LogP contribution in [-0.2, 0) is 11.2 Å². The van der Waals surface area contributed by atoms with Gasteiger partial charge in [0.05, 0.1) is 0 Å². The number of fused-ring (bicyclic) bond motifs is 1. The minimum Gasteiger partial charge on any atom is -0.326 e. The highest BCUT2D eigenvalue weighted by atomic mass is 16.1. The van der Waals surface area contributed by atoms with Gasteiger partial charge in [-0.3, -0.25) is 9.59 Å². The van der Waals surface area contributed by atoms with E-state index in [0.717, 1.165) is 42.6 Å². The van der Waals surface area contributed by atoms with Crippen LogP contribution in [-0.4, -0.2) is 24.3 Å². The molecule has 19 heavy (non-hydrogen) atoms. The van der Waals surface area contributed by atoms with Crippen LogP contribution in [0.15, 0.2) is 18.2 Å². The van der Waals surface area contributed by atoms with Crippen LogP contribution in [0, 0.1) is 0 Å². The van der Waals surface area contributed by atoms with Crippen molar-refractivity contribution in [1.29, 1.82) is 0 Å². The summed E-state index contributed by atoms with van der Waals surface area (Å²) < 4.78 is 0. The topological polar surface area (TPSA) is 58.2 Å². The molecule has 0 saturated carbocycles. The molecule has 1 amide bonds. The molecule has 1 fully saturated rings. The maximum Gasteiger partial charge on any atom is 0.224 e. The molecular formula is C15H18N2O2. The standard InChI is InChI=1S/C15H18N2O2/c18-14(9-12-2-1-7-16-12)11-3-5-13-10(8-11)4-6-15(19)17-13/h3,5,8,12,16H,1-2,4,6-7,9H2,(H,17,19). The van der Waals surface area contributed by atoms with Gasteiger partial charge in [0.25, 0.3) is 0 Å². The summed E-state index contributed by atoms with van der Waals surface area (Å²) in [4.78, 5) is 23.5.